The lowest BCUT2D eigenvalue weighted by molar-refractivity contribution is -0.137. The van der Waals surface area contributed by atoms with Crippen molar-refractivity contribution in [2.24, 2.45) is 0 Å². The van der Waals surface area contributed by atoms with Crippen LogP contribution < -0.4 is 0 Å². The standard InChI is InChI=1S/C24H24N4O2/c1-2-18-12-13-21-23(20-16-25-14-15-26-20)19(10-6-7-11-22(29)30)24(27-28(18)21)17-8-4-3-5-9-17/h3-5,8-9,12-16H,2,6-7,10-11H2,1H3,(H,29,30). The van der Waals surface area contributed by atoms with Crippen molar-refractivity contribution in [2.45, 2.75) is 39.0 Å². The van der Waals surface area contributed by atoms with Gasteiger partial charge in [0.1, 0.15) is 0 Å². The second-order valence-corrected chi connectivity index (χ2v) is 7.23. The molecule has 0 bridgehead atoms. The third kappa shape index (κ3) is 3.94. The lowest BCUT2D eigenvalue weighted by atomic mass is 9.94. The van der Waals surface area contributed by atoms with E-state index >= 15 is 0 Å². The summed E-state index contributed by atoms with van der Waals surface area (Å²) >= 11 is 0. The average Bonchev–Trinajstić information content (AvgIpc) is 3.19. The minimum atomic E-state index is -0.764. The molecule has 30 heavy (non-hydrogen) atoms. The monoisotopic (exact) mass is 400 g/mol. The molecule has 0 saturated carbocycles. The first-order valence-electron chi connectivity index (χ1n) is 10.3. The Balaban J connectivity index is 1.94. The van der Waals surface area contributed by atoms with E-state index in [0.717, 1.165) is 58.6 Å². The smallest absolute Gasteiger partial charge is 0.303 e. The van der Waals surface area contributed by atoms with Crippen LogP contribution in [0.1, 0.15) is 37.4 Å². The van der Waals surface area contributed by atoms with Gasteiger partial charge in [-0.15, -0.1) is 0 Å². The molecule has 3 aromatic heterocycles. The Hall–Kier alpha value is -3.54. The Morgan fingerprint density at radius 3 is 2.60 bits per heavy atom. The summed E-state index contributed by atoms with van der Waals surface area (Å²) in [6.45, 7) is 2.12. The number of aliphatic carboxylic acids is 1. The van der Waals surface area contributed by atoms with E-state index in [0.29, 0.717) is 6.42 Å². The average molecular weight is 400 g/mol. The summed E-state index contributed by atoms with van der Waals surface area (Å²) in [7, 11) is 0. The quantitative estimate of drug-likeness (QED) is 0.429. The number of carbonyl (C=O) groups is 1. The molecule has 0 amide bonds. The molecular weight excluding hydrogens is 376 g/mol. The summed E-state index contributed by atoms with van der Waals surface area (Å²) in [6, 6.07) is 14.3. The molecule has 0 aliphatic heterocycles. The number of carboxylic acid groups (broad SMARTS) is 1. The zero-order valence-corrected chi connectivity index (χ0v) is 17.0. The van der Waals surface area contributed by atoms with Crippen LogP contribution in [0.3, 0.4) is 0 Å². The first kappa shape index (κ1) is 19.8. The van der Waals surface area contributed by atoms with Gasteiger partial charge < -0.3 is 5.11 Å². The lowest BCUT2D eigenvalue weighted by Gasteiger charge is -2.17. The van der Waals surface area contributed by atoms with Crippen LogP contribution in [0.2, 0.25) is 0 Å². The van der Waals surface area contributed by atoms with Crippen LogP contribution in [-0.4, -0.2) is 30.7 Å². The fourth-order valence-electron chi connectivity index (χ4n) is 3.84. The molecule has 6 nitrogen and oxygen atoms in total. The number of nitrogens with zero attached hydrogens (tertiary/aromatic N) is 4. The van der Waals surface area contributed by atoms with E-state index < -0.39 is 5.97 Å². The summed E-state index contributed by atoms with van der Waals surface area (Å²) in [5.41, 5.74) is 6.98. The highest BCUT2D eigenvalue weighted by molar-refractivity contribution is 5.85. The maximum Gasteiger partial charge on any atom is 0.303 e. The Morgan fingerprint density at radius 2 is 1.90 bits per heavy atom. The van der Waals surface area contributed by atoms with E-state index in [1.807, 2.05) is 22.7 Å². The maximum atomic E-state index is 11.0. The molecule has 3 heterocycles. The van der Waals surface area contributed by atoms with Crippen molar-refractivity contribution in [1.29, 1.82) is 0 Å². The van der Waals surface area contributed by atoms with E-state index in [1.54, 1.807) is 18.6 Å². The van der Waals surface area contributed by atoms with Gasteiger partial charge in [-0.2, -0.15) is 5.10 Å². The van der Waals surface area contributed by atoms with Crippen LogP contribution in [0.5, 0.6) is 0 Å². The topological polar surface area (TPSA) is 80.4 Å². The number of aromatic nitrogens is 4. The number of hydrogen-bond acceptors (Lipinski definition) is 4. The summed E-state index contributed by atoms with van der Waals surface area (Å²) < 4.78 is 2.01. The van der Waals surface area contributed by atoms with Crippen LogP contribution in [-0.2, 0) is 17.6 Å². The minimum Gasteiger partial charge on any atom is -0.481 e. The van der Waals surface area contributed by atoms with Gasteiger partial charge in [-0.25, -0.2) is 4.52 Å². The Morgan fingerprint density at radius 1 is 1.07 bits per heavy atom. The van der Waals surface area contributed by atoms with Gasteiger partial charge in [0.2, 0.25) is 0 Å². The number of fused-ring (bicyclic) bond motifs is 1. The van der Waals surface area contributed by atoms with E-state index in [4.69, 9.17) is 10.2 Å². The molecule has 4 rings (SSSR count). The molecule has 1 aromatic carbocycles. The molecular formula is C24H24N4O2. The summed E-state index contributed by atoms with van der Waals surface area (Å²) in [4.78, 5) is 19.8. The third-order valence-corrected chi connectivity index (χ3v) is 5.27. The molecule has 152 valence electrons. The van der Waals surface area contributed by atoms with Crippen LogP contribution in [0.4, 0.5) is 0 Å². The van der Waals surface area contributed by atoms with Gasteiger partial charge in [0.05, 0.1) is 23.1 Å². The molecule has 0 aliphatic carbocycles. The van der Waals surface area contributed by atoms with Crippen molar-refractivity contribution in [3.05, 3.63) is 72.3 Å². The largest absolute Gasteiger partial charge is 0.481 e. The highest BCUT2D eigenvalue weighted by Gasteiger charge is 2.20. The van der Waals surface area contributed by atoms with Crippen LogP contribution in [0.25, 0.3) is 28.0 Å². The Kier molecular flexibility index (Phi) is 5.84. The summed E-state index contributed by atoms with van der Waals surface area (Å²) in [5.74, 6) is -0.764. The van der Waals surface area contributed by atoms with Crippen molar-refractivity contribution in [3.8, 4) is 22.5 Å². The van der Waals surface area contributed by atoms with Gasteiger partial charge in [0, 0.05) is 35.6 Å². The van der Waals surface area contributed by atoms with E-state index in [9.17, 15) is 4.79 Å². The van der Waals surface area contributed by atoms with Crippen LogP contribution >= 0.6 is 0 Å². The highest BCUT2D eigenvalue weighted by atomic mass is 16.4. The summed E-state index contributed by atoms with van der Waals surface area (Å²) in [5, 5.41) is 14.0. The van der Waals surface area contributed by atoms with Gasteiger partial charge in [0.15, 0.2) is 0 Å². The number of unbranched alkanes of at least 4 members (excludes halogenated alkanes) is 1. The molecule has 0 spiro atoms. The SMILES string of the molecule is CCc1ccc2c(-c3cnccn3)c(CCCCC(=O)O)c(-c3ccccc3)nn12. The highest BCUT2D eigenvalue weighted by Crippen LogP contribution is 2.35. The minimum absolute atomic E-state index is 0.169. The van der Waals surface area contributed by atoms with Crippen molar-refractivity contribution >= 4 is 11.5 Å². The Bertz CT molecular complexity index is 1150. The number of hydrogen-bond donors (Lipinski definition) is 1. The molecule has 4 aromatic rings. The van der Waals surface area contributed by atoms with Crippen molar-refractivity contribution in [3.63, 3.8) is 0 Å². The van der Waals surface area contributed by atoms with E-state index in [1.165, 1.54) is 0 Å². The number of benzene rings is 1. The van der Waals surface area contributed by atoms with Crippen LogP contribution in [0.15, 0.2) is 61.1 Å². The van der Waals surface area contributed by atoms with Gasteiger partial charge in [-0.05, 0) is 43.4 Å². The first-order valence-corrected chi connectivity index (χ1v) is 10.3. The molecule has 0 fully saturated rings. The van der Waals surface area contributed by atoms with Crippen molar-refractivity contribution < 1.29 is 9.90 Å². The molecule has 0 atom stereocenters. The molecule has 1 N–H and O–H groups in total. The van der Waals surface area contributed by atoms with Gasteiger partial charge in [0.25, 0.3) is 0 Å². The predicted octanol–water partition coefficient (Wildman–Crippen LogP) is 4.82. The molecule has 0 unspecified atom stereocenters. The first-order chi connectivity index (χ1) is 14.7. The Labute approximate surface area is 175 Å². The second kappa shape index (κ2) is 8.86. The van der Waals surface area contributed by atoms with E-state index in [2.05, 4.69) is 41.2 Å². The van der Waals surface area contributed by atoms with E-state index in [-0.39, 0.29) is 6.42 Å². The molecule has 6 heteroatoms. The maximum absolute atomic E-state index is 11.0. The normalized spacial score (nSPS) is 11.1. The summed E-state index contributed by atoms with van der Waals surface area (Å²) in [6.07, 6.45) is 8.29. The lowest BCUT2D eigenvalue weighted by Crippen LogP contribution is -2.07. The van der Waals surface area contributed by atoms with Crippen LogP contribution in [0, 0.1) is 0 Å². The van der Waals surface area contributed by atoms with Crippen molar-refractivity contribution in [1.82, 2.24) is 19.6 Å². The fraction of sp³-hybridized carbons (Fsp3) is 0.250. The molecule has 0 aliphatic rings. The number of aryl methyl sites for hydroxylation is 1. The number of carboxylic acids is 1. The zero-order chi connectivity index (χ0) is 20.9. The molecule has 0 radical (unpaired) electrons. The number of rotatable bonds is 8. The fourth-order valence-corrected chi connectivity index (χ4v) is 3.84. The van der Waals surface area contributed by atoms with Gasteiger partial charge >= 0.3 is 5.97 Å². The second-order valence-electron chi connectivity index (χ2n) is 7.23. The van der Waals surface area contributed by atoms with Gasteiger partial charge in [-0.3, -0.25) is 14.8 Å². The van der Waals surface area contributed by atoms with Crippen molar-refractivity contribution in [2.75, 3.05) is 0 Å². The molecule has 0 saturated heterocycles. The zero-order valence-electron chi connectivity index (χ0n) is 17.0. The third-order valence-electron chi connectivity index (χ3n) is 5.27. The van der Waals surface area contributed by atoms with Gasteiger partial charge in [-0.1, -0.05) is 37.3 Å². The predicted molar refractivity (Wildman–Crippen MR) is 116 cm³/mol.